The Kier molecular flexibility index (Phi) is 5.03. The van der Waals surface area contributed by atoms with E-state index >= 15 is 0 Å². The fourth-order valence-electron chi connectivity index (χ4n) is 6.49. The van der Waals surface area contributed by atoms with Crippen molar-refractivity contribution in [1.82, 2.24) is 0 Å². The van der Waals surface area contributed by atoms with Crippen LogP contribution in [0, 0.1) is 0 Å². The summed E-state index contributed by atoms with van der Waals surface area (Å²) < 4.78 is 0. The van der Waals surface area contributed by atoms with E-state index in [-0.39, 0.29) is 0 Å². The summed E-state index contributed by atoms with van der Waals surface area (Å²) in [4.78, 5) is 0. The molecule has 1 nitrogen and oxygen atoms in total. The molecule has 0 unspecified atom stereocenters. The summed E-state index contributed by atoms with van der Waals surface area (Å²) >= 11 is 0. The lowest BCUT2D eigenvalue weighted by atomic mass is 9.95. The van der Waals surface area contributed by atoms with Crippen LogP contribution in [0.25, 0.3) is 44.5 Å². The maximum absolute atomic E-state index is 3.59. The second-order valence-electron chi connectivity index (χ2n) is 10.6. The second-order valence-corrected chi connectivity index (χ2v) is 10.6. The van der Waals surface area contributed by atoms with E-state index in [2.05, 4.69) is 139 Å². The van der Waals surface area contributed by atoms with Gasteiger partial charge < -0.3 is 5.32 Å². The van der Waals surface area contributed by atoms with Crippen LogP contribution in [-0.4, -0.2) is 0 Å². The third-order valence-electron chi connectivity index (χ3n) is 8.38. The van der Waals surface area contributed by atoms with Gasteiger partial charge >= 0.3 is 0 Å². The lowest BCUT2D eigenvalue weighted by Gasteiger charge is -2.12. The number of anilines is 2. The van der Waals surface area contributed by atoms with Crippen molar-refractivity contribution < 1.29 is 0 Å². The molecule has 0 radical (unpaired) electrons. The van der Waals surface area contributed by atoms with Crippen LogP contribution >= 0.6 is 0 Å². The van der Waals surface area contributed by atoms with E-state index in [9.17, 15) is 0 Å². The van der Waals surface area contributed by atoms with Crippen molar-refractivity contribution in [3.63, 3.8) is 0 Å². The third-order valence-corrected chi connectivity index (χ3v) is 8.38. The van der Waals surface area contributed by atoms with E-state index in [1.165, 1.54) is 66.8 Å². The van der Waals surface area contributed by atoms with Crippen LogP contribution in [0.15, 0.2) is 133 Å². The summed E-state index contributed by atoms with van der Waals surface area (Å²) in [6, 6.07) is 48.6. The van der Waals surface area contributed by atoms with Crippen molar-refractivity contribution in [2.24, 2.45) is 0 Å². The largest absolute Gasteiger partial charge is 0.356 e. The summed E-state index contributed by atoms with van der Waals surface area (Å²) in [6.07, 6.45) is 2.01. The van der Waals surface area contributed by atoms with Crippen molar-refractivity contribution in [2.45, 2.75) is 12.8 Å². The Hall–Kier alpha value is -4.88. The highest BCUT2D eigenvalue weighted by molar-refractivity contribution is 5.86. The number of hydrogen-bond acceptors (Lipinski definition) is 1. The molecule has 1 heteroatoms. The summed E-state index contributed by atoms with van der Waals surface area (Å²) in [5.74, 6) is 0. The van der Waals surface area contributed by atoms with Crippen molar-refractivity contribution in [2.75, 3.05) is 5.32 Å². The summed E-state index contributed by atoms with van der Waals surface area (Å²) in [5, 5.41) is 3.59. The monoisotopic (exact) mass is 497 g/mol. The molecule has 0 aliphatic heterocycles. The van der Waals surface area contributed by atoms with Gasteiger partial charge in [-0.3, -0.25) is 0 Å². The van der Waals surface area contributed by atoms with Crippen molar-refractivity contribution in [1.29, 1.82) is 0 Å². The van der Waals surface area contributed by atoms with Gasteiger partial charge in [0, 0.05) is 11.4 Å². The summed E-state index contributed by atoms with van der Waals surface area (Å²) in [6.45, 7) is 0. The molecular weight excluding hydrogens is 470 g/mol. The SMILES string of the molecule is c1ccc2c(c1)Cc1c(-c3ccc(Nc4ccc(-c5cccc6c5Cc5ccccc5-6)cc4)cc3)cccc1-2. The molecule has 0 saturated carbocycles. The summed E-state index contributed by atoms with van der Waals surface area (Å²) in [5.41, 5.74) is 18.6. The Balaban J connectivity index is 1.03. The van der Waals surface area contributed by atoms with Crippen molar-refractivity contribution in [3.8, 4) is 44.5 Å². The first kappa shape index (κ1) is 22.1. The van der Waals surface area contributed by atoms with Gasteiger partial charge in [-0.1, -0.05) is 109 Å². The minimum absolute atomic E-state index is 1.00. The molecular formula is C38H27N. The molecule has 0 amide bonds. The maximum atomic E-state index is 3.59. The first-order valence-electron chi connectivity index (χ1n) is 13.7. The molecule has 0 saturated heterocycles. The Morgan fingerprint density at radius 1 is 0.333 bits per heavy atom. The van der Waals surface area contributed by atoms with Gasteiger partial charge in [0.1, 0.15) is 0 Å². The highest BCUT2D eigenvalue weighted by Crippen LogP contribution is 2.43. The Morgan fingerprint density at radius 2 is 0.718 bits per heavy atom. The Morgan fingerprint density at radius 3 is 1.18 bits per heavy atom. The minimum Gasteiger partial charge on any atom is -0.356 e. The predicted molar refractivity (Wildman–Crippen MR) is 164 cm³/mol. The van der Waals surface area contributed by atoms with E-state index in [0.717, 1.165) is 24.2 Å². The fourth-order valence-corrected chi connectivity index (χ4v) is 6.49. The quantitative estimate of drug-likeness (QED) is 0.255. The number of hydrogen-bond donors (Lipinski definition) is 1. The minimum atomic E-state index is 1.00. The maximum Gasteiger partial charge on any atom is 0.0384 e. The lowest BCUT2D eigenvalue weighted by Crippen LogP contribution is -1.92. The lowest BCUT2D eigenvalue weighted by molar-refractivity contribution is 1.26. The highest BCUT2D eigenvalue weighted by Gasteiger charge is 2.22. The van der Waals surface area contributed by atoms with Crippen LogP contribution in [-0.2, 0) is 12.8 Å². The summed E-state index contributed by atoms with van der Waals surface area (Å²) in [7, 11) is 0. The molecule has 6 aromatic rings. The smallest absolute Gasteiger partial charge is 0.0384 e. The van der Waals surface area contributed by atoms with Crippen molar-refractivity contribution in [3.05, 3.63) is 156 Å². The Bertz CT molecular complexity index is 1720. The van der Waals surface area contributed by atoms with Gasteiger partial charge in [-0.05, 0) is 104 Å². The van der Waals surface area contributed by atoms with Gasteiger partial charge in [0.25, 0.3) is 0 Å². The van der Waals surface area contributed by atoms with Crippen LogP contribution in [0.4, 0.5) is 11.4 Å². The molecule has 0 fully saturated rings. The van der Waals surface area contributed by atoms with E-state index in [1.807, 2.05) is 0 Å². The molecule has 39 heavy (non-hydrogen) atoms. The first-order valence-corrected chi connectivity index (χ1v) is 13.7. The van der Waals surface area contributed by atoms with Gasteiger partial charge in [0.15, 0.2) is 0 Å². The van der Waals surface area contributed by atoms with Gasteiger partial charge in [0.2, 0.25) is 0 Å². The van der Waals surface area contributed by atoms with Gasteiger partial charge in [-0.25, -0.2) is 0 Å². The second kappa shape index (κ2) is 8.85. The van der Waals surface area contributed by atoms with Gasteiger partial charge in [-0.2, -0.15) is 0 Å². The molecule has 2 aliphatic carbocycles. The zero-order chi connectivity index (χ0) is 25.8. The molecule has 0 heterocycles. The third kappa shape index (κ3) is 3.70. The molecule has 2 aliphatic rings. The molecule has 0 spiro atoms. The number of nitrogens with one attached hydrogen (secondary N) is 1. The van der Waals surface area contributed by atoms with E-state index < -0.39 is 0 Å². The van der Waals surface area contributed by atoms with E-state index in [1.54, 1.807) is 0 Å². The van der Waals surface area contributed by atoms with Crippen LogP contribution < -0.4 is 5.32 Å². The number of rotatable bonds is 4. The number of fused-ring (bicyclic) bond motifs is 6. The zero-order valence-corrected chi connectivity index (χ0v) is 21.6. The average molecular weight is 498 g/mol. The Labute approximate surface area is 229 Å². The normalized spacial score (nSPS) is 12.4. The molecule has 1 N–H and O–H groups in total. The van der Waals surface area contributed by atoms with Crippen LogP contribution in [0.3, 0.4) is 0 Å². The van der Waals surface area contributed by atoms with E-state index in [0.29, 0.717) is 0 Å². The average Bonchev–Trinajstić information content (AvgIpc) is 3.57. The molecule has 8 rings (SSSR count). The van der Waals surface area contributed by atoms with Gasteiger partial charge in [-0.15, -0.1) is 0 Å². The van der Waals surface area contributed by atoms with Crippen LogP contribution in [0.2, 0.25) is 0 Å². The van der Waals surface area contributed by atoms with Gasteiger partial charge in [0.05, 0.1) is 0 Å². The van der Waals surface area contributed by atoms with Crippen LogP contribution in [0.1, 0.15) is 22.3 Å². The molecule has 0 bridgehead atoms. The molecule has 184 valence electrons. The van der Waals surface area contributed by atoms with Crippen LogP contribution in [0.5, 0.6) is 0 Å². The topological polar surface area (TPSA) is 12.0 Å². The molecule has 6 aromatic carbocycles. The predicted octanol–water partition coefficient (Wildman–Crippen LogP) is 9.91. The highest BCUT2D eigenvalue weighted by atomic mass is 14.9. The first-order chi connectivity index (χ1) is 19.3. The van der Waals surface area contributed by atoms with Crippen molar-refractivity contribution >= 4 is 11.4 Å². The molecule has 0 aromatic heterocycles. The standard InChI is InChI=1S/C38H27N/c1-3-9-33-27(7-1)23-37-31(11-5-13-35(33)37)25-15-19-29(20-16-25)39-30-21-17-26(18-22-30)32-12-6-14-36-34-10-4-2-8-28(34)24-38(32)36/h1-22,39H,23-24H2. The van der Waals surface area contributed by atoms with E-state index in [4.69, 9.17) is 0 Å². The fraction of sp³-hybridized carbons (Fsp3) is 0.0526. The number of benzene rings is 6. The molecule has 0 atom stereocenters. The zero-order valence-electron chi connectivity index (χ0n) is 21.6.